The van der Waals surface area contributed by atoms with Gasteiger partial charge in [-0.05, 0) is 18.2 Å². The molecule has 15 heavy (non-hydrogen) atoms. The van der Waals surface area contributed by atoms with E-state index < -0.39 is 0 Å². The SMILES string of the molecule is COc1cccc(SCCNC(C)=O)c1. The molecule has 82 valence electrons. The Morgan fingerprint density at radius 1 is 1.53 bits per heavy atom. The smallest absolute Gasteiger partial charge is 0.216 e. The summed E-state index contributed by atoms with van der Waals surface area (Å²) in [6, 6.07) is 7.89. The molecule has 0 saturated heterocycles. The van der Waals surface area contributed by atoms with Crippen LogP contribution in [0.4, 0.5) is 0 Å². The number of nitrogens with one attached hydrogen (secondary N) is 1. The average Bonchev–Trinajstić information content (AvgIpc) is 2.24. The fraction of sp³-hybridized carbons (Fsp3) is 0.364. The zero-order valence-corrected chi connectivity index (χ0v) is 9.76. The number of thioether (sulfide) groups is 1. The molecule has 0 radical (unpaired) electrons. The molecule has 0 fully saturated rings. The predicted octanol–water partition coefficient (Wildman–Crippen LogP) is 1.92. The van der Waals surface area contributed by atoms with Crippen LogP contribution >= 0.6 is 11.8 Å². The number of amides is 1. The molecule has 1 amide bonds. The van der Waals surface area contributed by atoms with Crippen LogP contribution in [0.3, 0.4) is 0 Å². The standard InChI is InChI=1S/C11H15NO2S/c1-9(13)12-6-7-15-11-5-3-4-10(8-11)14-2/h3-5,8H,6-7H2,1-2H3,(H,12,13). The van der Waals surface area contributed by atoms with Gasteiger partial charge in [-0.1, -0.05) is 6.07 Å². The maximum atomic E-state index is 10.6. The molecule has 1 aromatic rings. The maximum absolute atomic E-state index is 10.6. The van der Waals surface area contributed by atoms with Crippen molar-refractivity contribution in [2.24, 2.45) is 0 Å². The van der Waals surface area contributed by atoms with Crippen LogP contribution in [0.25, 0.3) is 0 Å². The first-order valence-corrected chi connectivity index (χ1v) is 5.72. The number of benzene rings is 1. The molecule has 1 N–H and O–H groups in total. The minimum absolute atomic E-state index is 0.0150. The van der Waals surface area contributed by atoms with E-state index >= 15 is 0 Å². The van der Waals surface area contributed by atoms with E-state index in [0.29, 0.717) is 6.54 Å². The van der Waals surface area contributed by atoms with Gasteiger partial charge in [-0.25, -0.2) is 0 Å². The van der Waals surface area contributed by atoms with Crippen molar-refractivity contribution in [3.05, 3.63) is 24.3 Å². The molecule has 0 aliphatic heterocycles. The second-order valence-electron chi connectivity index (χ2n) is 3.01. The lowest BCUT2D eigenvalue weighted by Gasteiger charge is -2.04. The summed E-state index contributed by atoms with van der Waals surface area (Å²) in [5, 5.41) is 2.75. The first kappa shape index (κ1) is 11.9. The average molecular weight is 225 g/mol. The zero-order chi connectivity index (χ0) is 11.1. The Bertz CT molecular complexity index is 328. The lowest BCUT2D eigenvalue weighted by Crippen LogP contribution is -2.22. The van der Waals surface area contributed by atoms with Gasteiger partial charge < -0.3 is 10.1 Å². The summed E-state index contributed by atoms with van der Waals surface area (Å²) < 4.78 is 5.12. The number of ether oxygens (including phenoxy) is 1. The van der Waals surface area contributed by atoms with Crippen molar-refractivity contribution in [1.82, 2.24) is 5.32 Å². The summed E-state index contributed by atoms with van der Waals surface area (Å²) in [4.78, 5) is 11.8. The van der Waals surface area contributed by atoms with Crippen molar-refractivity contribution < 1.29 is 9.53 Å². The Balaban J connectivity index is 2.33. The van der Waals surface area contributed by atoms with Crippen molar-refractivity contribution in [2.75, 3.05) is 19.4 Å². The Morgan fingerprint density at radius 3 is 3.00 bits per heavy atom. The molecule has 0 bridgehead atoms. The minimum atomic E-state index is 0.0150. The molecule has 1 aromatic carbocycles. The normalized spacial score (nSPS) is 9.73. The van der Waals surface area contributed by atoms with Gasteiger partial charge in [-0.2, -0.15) is 0 Å². The van der Waals surface area contributed by atoms with Crippen LogP contribution in [-0.2, 0) is 4.79 Å². The van der Waals surface area contributed by atoms with Crippen LogP contribution < -0.4 is 10.1 Å². The highest BCUT2D eigenvalue weighted by atomic mass is 32.2. The monoisotopic (exact) mass is 225 g/mol. The molecule has 0 aliphatic carbocycles. The van der Waals surface area contributed by atoms with E-state index in [2.05, 4.69) is 5.32 Å². The molecule has 1 rings (SSSR count). The van der Waals surface area contributed by atoms with Gasteiger partial charge in [-0.3, -0.25) is 4.79 Å². The van der Waals surface area contributed by atoms with Crippen LogP contribution in [-0.4, -0.2) is 25.3 Å². The molecule has 0 saturated carbocycles. The van der Waals surface area contributed by atoms with E-state index in [-0.39, 0.29) is 5.91 Å². The number of rotatable bonds is 5. The summed E-state index contributed by atoms with van der Waals surface area (Å²) in [5.74, 6) is 1.74. The number of carbonyl (C=O) groups is 1. The van der Waals surface area contributed by atoms with Gasteiger partial charge in [0.05, 0.1) is 7.11 Å². The van der Waals surface area contributed by atoms with Gasteiger partial charge in [-0.15, -0.1) is 11.8 Å². The van der Waals surface area contributed by atoms with E-state index in [1.807, 2.05) is 24.3 Å². The van der Waals surface area contributed by atoms with Crippen molar-refractivity contribution in [3.8, 4) is 5.75 Å². The zero-order valence-electron chi connectivity index (χ0n) is 8.95. The summed E-state index contributed by atoms with van der Waals surface area (Å²) in [5.41, 5.74) is 0. The highest BCUT2D eigenvalue weighted by molar-refractivity contribution is 7.99. The van der Waals surface area contributed by atoms with E-state index in [4.69, 9.17) is 4.74 Å². The highest BCUT2D eigenvalue weighted by Gasteiger charge is 1.97. The van der Waals surface area contributed by atoms with Gasteiger partial charge in [0.15, 0.2) is 0 Å². The molecule has 4 heteroatoms. The fourth-order valence-corrected chi connectivity index (χ4v) is 1.90. The Labute approximate surface area is 94.2 Å². The fourth-order valence-electron chi connectivity index (χ4n) is 1.09. The first-order valence-electron chi connectivity index (χ1n) is 4.73. The third-order valence-corrected chi connectivity index (χ3v) is 2.78. The first-order chi connectivity index (χ1) is 7.22. The van der Waals surface area contributed by atoms with Crippen LogP contribution in [0.2, 0.25) is 0 Å². The van der Waals surface area contributed by atoms with E-state index in [1.165, 1.54) is 6.92 Å². The molecule has 0 heterocycles. The summed E-state index contributed by atoms with van der Waals surface area (Å²) in [6.45, 7) is 2.22. The molecule has 0 aliphatic rings. The second-order valence-corrected chi connectivity index (χ2v) is 4.18. The minimum Gasteiger partial charge on any atom is -0.497 e. The van der Waals surface area contributed by atoms with E-state index in [1.54, 1.807) is 18.9 Å². The molecular weight excluding hydrogens is 210 g/mol. The highest BCUT2D eigenvalue weighted by Crippen LogP contribution is 2.22. The van der Waals surface area contributed by atoms with Crippen LogP contribution in [0.15, 0.2) is 29.2 Å². The van der Waals surface area contributed by atoms with Crippen LogP contribution in [0.1, 0.15) is 6.92 Å². The van der Waals surface area contributed by atoms with Gasteiger partial charge in [0.25, 0.3) is 0 Å². The lowest BCUT2D eigenvalue weighted by atomic mass is 10.3. The van der Waals surface area contributed by atoms with E-state index in [0.717, 1.165) is 16.4 Å². The third kappa shape index (κ3) is 4.74. The lowest BCUT2D eigenvalue weighted by molar-refractivity contribution is -0.118. The molecule has 3 nitrogen and oxygen atoms in total. The largest absolute Gasteiger partial charge is 0.497 e. The maximum Gasteiger partial charge on any atom is 0.216 e. The molecule has 0 aromatic heterocycles. The predicted molar refractivity (Wildman–Crippen MR) is 62.4 cm³/mol. The molecule has 0 unspecified atom stereocenters. The molecule has 0 spiro atoms. The quantitative estimate of drug-likeness (QED) is 0.614. The van der Waals surface area contributed by atoms with Gasteiger partial charge >= 0.3 is 0 Å². The Morgan fingerprint density at radius 2 is 2.33 bits per heavy atom. The third-order valence-electron chi connectivity index (χ3n) is 1.79. The molecule has 0 atom stereocenters. The summed E-state index contributed by atoms with van der Waals surface area (Å²) in [6.07, 6.45) is 0. The Hall–Kier alpha value is -1.16. The number of hydrogen-bond acceptors (Lipinski definition) is 3. The summed E-state index contributed by atoms with van der Waals surface area (Å²) >= 11 is 1.70. The van der Waals surface area contributed by atoms with Crippen molar-refractivity contribution in [3.63, 3.8) is 0 Å². The number of carbonyl (C=O) groups excluding carboxylic acids is 1. The van der Waals surface area contributed by atoms with E-state index in [9.17, 15) is 4.79 Å². The van der Waals surface area contributed by atoms with Crippen molar-refractivity contribution in [1.29, 1.82) is 0 Å². The van der Waals surface area contributed by atoms with Gasteiger partial charge in [0, 0.05) is 24.1 Å². The molecular formula is C11H15NO2S. The van der Waals surface area contributed by atoms with Crippen LogP contribution in [0.5, 0.6) is 5.75 Å². The van der Waals surface area contributed by atoms with Gasteiger partial charge in [0.2, 0.25) is 5.91 Å². The van der Waals surface area contributed by atoms with Crippen molar-refractivity contribution >= 4 is 17.7 Å². The van der Waals surface area contributed by atoms with Crippen molar-refractivity contribution in [2.45, 2.75) is 11.8 Å². The van der Waals surface area contributed by atoms with Crippen LogP contribution in [0, 0.1) is 0 Å². The van der Waals surface area contributed by atoms with Gasteiger partial charge in [0.1, 0.15) is 5.75 Å². The second kappa shape index (κ2) is 6.35. The Kier molecular flexibility index (Phi) is 5.04. The number of hydrogen-bond donors (Lipinski definition) is 1. The number of methoxy groups -OCH3 is 1. The topological polar surface area (TPSA) is 38.3 Å². The summed E-state index contributed by atoms with van der Waals surface area (Å²) in [7, 11) is 1.65.